The molecule has 1 aromatic heterocycles. The second-order valence-corrected chi connectivity index (χ2v) is 8.07. The number of thiazole rings is 1. The van der Waals surface area contributed by atoms with E-state index in [-0.39, 0.29) is 11.8 Å². The van der Waals surface area contributed by atoms with Gasteiger partial charge in [0.2, 0.25) is 5.91 Å². The Morgan fingerprint density at radius 2 is 2.04 bits per heavy atom. The average molecular weight is 330 g/mol. The summed E-state index contributed by atoms with van der Waals surface area (Å²) in [5.41, 5.74) is 0. The van der Waals surface area contributed by atoms with Gasteiger partial charge in [-0.1, -0.05) is 19.3 Å². The summed E-state index contributed by atoms with van der Waals surface area (Å²) in [4.78, 5) is 22.3. The van der Waals surface area contributed by atoms with Crippen LogP contribution in [-0.4, -0.2) is 35.4 Å². The van der Waals surface area contributed by atoms with E-state index in [2.05, 4.69) is 11.2 Å². The number of rotatable bonds is 2. The number of nitrogens with zero attached hydrogens (tertiary/aromatic N) is 4. The number of hydrogen-bond donors (Lipinski definition) is 0. The molecule has 2 aliphatic heterocycles. The Labute approximate surface area is 140 Å². The highest BCUT2D eigenvalue weighted by atomic mass is 32.1. The van der Waals surface area contributed by atoms with E-state index in [1.165, 1.54) is 37.0 Å². The highest BCUT2D eigenvalue weighted by molar-refractivity contribution is 7.15. The van der Waals surface area contributed by atoms with Crippen molar-refractivity contribution < 1.29 is 4.79 Å². The fourth-order valence-corrected chi connectivity index (χ4v) is 5.36. The molecule has 2 saturated heterocycles. The van der Waals surface area contributed by atoms with Gasteiger partial charge in [-0.3, -0.25) is 9.69 Å². The van der Waals surface area contributed by atoms with Crippen LogP contribution in [0.1, 0.15) is 49.3 Å². The maximum Gasteiger partial charge on any atom is 0.234 e. The van der Waals surface area contributed by atoms with E-state index >= 15 is 0 Å². The Balaban J connectivity index is 1.49. The van der Waals surface area contributed by atoms with Gasteiger partial charge in [-0.25, -0.2) is 4.98 Å². The fraction of sp³-hybridized carbons (Fsp3) is 0.706. The summed E-state index contributed by atoms with van der Waals surface area (Å²) in [5.74, 6) is 1.17. The van der Waals surface area contributed by atoms with Crippen LogP contribution in [-0.2, 0) is 4.79 Å². The van der Waals surface area contributed by atoms with Gasteiger partial charge in [0.15, 0.2) is 11.3 Å². The van der Waals surface area contributed by atoms with E-state index in [4.69, 9.17) is 5.26 Å². The van der Waals surface area contributed by atoms with Crippen LogP contribution in [0.4, 0.5) is 5.13 Å². The van der Waals surface area contributed by atoms with Gasteiger partial charge in [-0.05, 0) is 31.1 Å². The standard InChI is InChI=1S/C17H22N4OS/c18-11-20-7-6-13-9-21(16(22)14(13)10-20)17-19-8-15(23-17)12-4-2-1-3-5-12/h8,12-14H,1-7,9-10H2/t13-,14-/m1/s1. The normalized spacial score (nSPS) is 28.7. The van der Waals surface area contributed by atoms with Crippen LogP contribution in [0.25, 0.3) is 0 Å². The predicted molar refractivity (Wildman–Crippen MR) is 89.1 cm³/mol. The molecule has 1 aliphatic carbocycles. The number of fused-ring (bicyclic) bond motifs is 1. The van der Waals surface area contributed by atoms with E-state index in [0.717, 1.165) is 24.6 Å². The fourth-order valence-electron chi connectivity index (χ4n) is 4.26. The van der Waals surface area contributed by atoms with Crippen LogP contribution < -0.4 is 4.90 Å². The Hall–Kier alpha value is -1.61. The first kappa shape index (κ1) is 14.9. The number of carbonyl (C=O) groups excluding carboxylic acids is 1. The van der Waals surface area contributed by atoms with Gasteiger partial charge in [0.25, 0.3) is 0 Å². The van der Waals surface area contributed by atoms with Crippen LogP contribution in [0.3, 0.4) is 0 Å². The minimum atomic E-state index is -0.0227. The van der Waals surface area contributed by atoms with Gasteiger partial charge in [-0.2, -0.15) is 5.26 Å². The Kier molecular flexibility index (Phi) is 3.98. The van der Waals surface area contributed by atoms with Crippen molar-refractivity contribution >= 4 is 22.4 Å². The monoisotopic (exact) mass is 330 g/mol. The maximum atomic E-state index is 12.7. The van der Waals surface area contributed by atoms with Crippen LogP contribution in [0.15, 0.2) is 6.20 Å². The topological polar surface area (TPSA) is 60.2 Å². The zero-order chi connectivity index (χ0) is 15.8. The summed E-state index contributed by atoms with van der Waals surface area (Å²) in [7, 11) is 0. The zero-order valence-electron chi connectivity index (χ0n) is 13.3. The highest BCUT2D eigenvalue weighted by Gasteiger charge is 2.44. The minimum absolute atomic E-state index is 0.0227. The third-order valence-corrected chi connectivity index (χ3v) is 6.83. The number of amides is 1. The molecule has 6 heteroatoms. The molecule has 5 nitrogen and oxygen atoms in total. The molecule has 122 valence electrons. The van der Waals surface area contributed by atoms with Gasteiger partial charge >= 0.3 is 0 Å². The van der Waals surface area contributed by atoms with Crippen molar-refractivity contribution in [2.45, 2.75) is 44.4 Å². The number of piperidine rings is 1. The molecule has 0 N–H and O–H groups in total. The first-order valence-corrected chi connectivity index (χ1v) is 9.49. The lowest BCUT2D eigenvalue weighted by Crippen LogP contribution is -2.39. The van der Waals surface area contributed by atoms with Crippen molar-refractivity contribution in [1.82, 2.24) is 9.88 Å². The van der Waals surface area contributed by atoms with Crippen molar-refractivity contribution in [2.24, 2.45) is 11.8 Å². The van der Waals surface area contributed by atoms with Crippen molar-refractivity contribution in [3.63, 3.8) is 0 Å². The number of anilines is 1. The number of nitriles is 1. The van der Waals surface area contributed by atoms with Crippen LogP contribution in [0, 0.1) is 23.3 Å². The SMILES string of the molecule is N#CN1CC[C@@H]2CN(c3ncc(C4CCCCC4)s3)C(=O)[C@@H]2C1. The van der Waals surface area contributed by atoms with Crippen molar-refractivity contribution in [3.05, 3.63) is 11.1 Å². The second-order valence-electron chi connectivity index (χ2n) is 7.03. The van der Waals surface area contributed by atoms with Crippen LogP contribution >= 0.6 is 11.3 Å². The molecular formula is C17H22N4OS. The third kappa shape index (κ3) is 2.72. The largest absolute Gasteiger partial charge is 0.310 e. The first-order chi connectivity index (χ1) is 11.3. The van der Waals surface area contributed by atoms with E-state index < -0.39 is 0 Å². The molecule has 1 aromatic rings. The molecule has 0 bridgehead atoms. The number of hydrogen-bond acceptors (Lipinski definition) is 5. The Bertz CT molecular complexity index is 631. The van der Waals surface area contributed by atoms with Crippen molar-refractivity contribution in [3.8, 4) is 6.19 Å². The van der Waals surface area contributed by atoms with Gasteiger partial charge in [0.1, 0.15) is 0 Å². The second kappa shape index (κ2) is 6.12. The average Bonchev–Trinajstić information content (AvgIpc) is 3.20. The lowest BCUT2D eigenvalue weighted by molar-refractivity contribution is -0.122. The molecule has 3 aliphatic rings. The Morgan fingerprint density at radius 3 is 2.83 bits per heavy atom. The molecule has 0 radical (unpaired) electrons. The number of likely N-dealkylation sites (tertiary alicyclic amines) is 1. The van der Waals surface area contributed by atoms with Crippen molar-refractivity contribution in [2.75, 3.05) is 24.5 Å². The molecule has 0 spiro atoms. The molecule has 0 aromatic carbocycles. The lowest BCUT2D eigenvalue weighted by atomic mass is 9.88. The smallest absolute Gasteiger partial charge is 0.234 e. The number of aromatic nitrogens is 1. The molecule has 0 unspecified atom stereocenters. The van der Waals surface area contributed by atoms with Crippen LogP contribution in [0.5, 0.6) is 0 Å². The van der Waals surface area contributed by atoms with Gasteiger partial charge in [-0.15, -0.1) is 11.3 Å². The molecule has 1 saturated carbocycles. The summed E-state index contributed by atoms with van der Waals surface area (Å²) < 4.78 is 0. The molecule has 3 heterocycles. The maximum absolute atomic E-state index is 12.7. The molecular weight excluding hydrogens is 308 g/mol. The van der Waals surface area contributed by atoms with Crippen molar-refractivity contribution in [1.29, 1.82) is 5.26 Å². The molecule has 1 amide bonds. The summed E-state index contributed by atoms with van der Waals surface area (Å²) >= 11 is 1.71. The molecule has 2 atom stereocenters. The van der Waals surface area contributed by atoms with Crippen LogP contribution in [0.2, 0.25) is 0 Å². The summed E-state index contributed by atoms with van der Waals surface area (Å²) in [6.07, 6.45) is 11.6. The number of carbonyl (C=O) groups is 1. The zero-order valence-corrected chi connectivity index (χ0v) is 14.1. The minimum Gasteiger partial charge on any atom is -0.310 e. The lowest BCUT2D eigenvalue weighted by Gasteiger charge is -2.28. The highest BCUT2D eigenvalue weighted by Crippen LogP contribution is 2.40. The first-order valence-electron chi connectivity index (χ1n) is 8.68. The van der Waals surface area contributed by atoms with E-state index in [0.29, 0.717) is 18.4 Å². The quantitative estimate of drug-likeness (QED) is 0.782. The van der Waals surface area contributed by atoms with Gasteiger partial charge in [0.05, 0.1) is 5.92 Å². The molecule has 4 rings (SSSR count). The van der Waals surface area contributed by atoms with Gasteiger partial charge in [0, 0.05) is 30.7 Å². The third-order valence-electron chi connectivity index (χ3n) is 5.65. The van der Waals surface area contributed by atoms with Gasteiger partial charge < -0.3 is 4.90 Å². The predicted octanol–water partition coefficient (Wildman–Crippen LogP) is 2.96. The molecule has 23 heavy (non-hydrogen) atoms. The Morgan fingerprint density at radius 1 is 1.22 bits per heavy atom. The van der Waals surface area contributed by atoms with E-state index in [1.807, 2.05) is 11.1 Å². The summed E-state index contributed by atoms with van der Waals surface area (Å²) in [6, 6.07) is 0. The summed E-state index contributed by atoms with van der Waals surface area (Å²) in [6.45, 7) is 2.14. The summed E-state index contributed by atoms with van der Waals surface area (Å²) in [5, 5.41) is 9.94. The van der Waals surface area contributed by atoms with E-state index in [9.17, 15) is 4.79 Å². The van der Waals surface area contributed by atoms with E-state index in [1.54, 1.807) is 16.2 Å². The molecule has 3 fully saturated rings.